The Morgan fingerprint density at radius 2 is 1.95 bits per heavy atom. The van der Waals surface area contributed by atoms with Crippen LogP contribution in [0.5, 0.6) is 0 Å². The van der Waals surface area contributed by atoms with E-state index in [0.29, 0.717) is 18.0 Å². The van der Waals surface area contributed by atoms with Crippen molar-refractivity contribution in [3.63, 3.8) is 0 Å². The molecule has 2 N–H and O–H groups in total. The number of hydrogen-bond acceptors (Lipinski definition) is 3. The maximum absolute atomic E-state index is 12.8. The molecule has 0 saturated carbocycles. The second kappa shape index (κ2) is 6.87. The summed E-state index contributed by atoms with van der Waals surface area (Å²) in [5.41, 5.74) is 8.48. The lowest BCUT2D eigenvalue weighted by molar-refractivity contribution is 0.243. The fraction of sp³-hybridized carbons (Fsp3) is 0.625. The minimum atomic E-state index is -3.37. The summed E-state index contributed by atoms with van der Waals surface area (Å²) in [7, 11) is -3.37. The standard InChI is InChI=1S/C16H24N2O2S.ClH/c1-12(17)15-6-3-9-18(11-15)21(19,20)16-8-7-13-4-2-5-14(13)10-16;/h7-8,10,12,15H,2-6,9,11,17H2,1H3;1H. The summed E-state index contributed by atoms with van der Waals surface area (Å²) in [6.07, 6.45) is 5.13. The molecule has 4 nitrogen and oxygen atoms in total. The molecule has 1 aliphatic heterocycles. The molecule has 6 heteroatoms. The van der Waals surface area contributed by atoms with E-state index in [1.807, 2.05) is 19.1 Å². The number of aryl methyl sites for hydroxylation is 2. The van der Waals surface area contributed by atoms with Crippen molar-refractivity contribution in [1.82, 2.24) is 4.31 Å². The van der Waals surface area contributed by atoms with Crippen LogP contribution in [0.15, 0.2) is 23.1 Å². The van der Waals surface area contributed by atoms with Gasteiger partial charge in [-0.1, -0.05) is 6.07 Å². The molecule has 0 aromatic heterocycles. The van der Waals surface area contributed by atoms with Gasteiger partial charge < -0.3 is 5.73 Å². The van der Waals surface area contributed by atoms with Gasteiger partial charge in [-0.2, -0.15) is 4.31 Å². The van der Waals surface area contributed by atoms with Gasteiger partial charge in [-0.15, -0.1) is 12.4 Å². The molecule has 1 aromatic rings. The van der Waals surface area contributed by atoms with E-state index < -0.39 is 10.0 Å². The highest BCUT2D eigenvalue weighted by atomic mass is 35.5. The molecule has 3 rings (SSSR count). The van der Waals surface area contributed by atoms with Gasteiger partial charge in [-0.25, -0.2) is 8.42 Å². The smallest absolute Gasteiger partial charge is 0.243 e. The van der Waals surface area contributed by atoms with Crippen LogP contribution in [0.2, 0.25) is 0 Å². The number of piperidine rings is 1. The SMILES string of the molecule is CC(N)C1CCCN(S(=O)(=O)c2ccc3c(c2)CCC3)C1.Cl. The van der Waals surface area contributed by atoms with E-state index in [-0.39, 0.29) is 24.4 Å². The van der Waals surface area contributed by atoms with Crippen LogP contribution in [0, 0.1) is 5.92 Å². The molecule has 2 unspecified atom stereocenters. The quantitative estimate of drug-likeness (QED) is 0.915. The second-order valence-electron chi connectivity index (χ2n) is 6.41. The van der Waals surface area contributed by atoms with Crippen LogP contribution in [-0.4, -0.2) is 31.9 Å². The van der Waals surface area contributed by atoms with E-state index in [4.69, 9.17) is 5.73 Å². The van der Waals surface area contributed by atoms with Gasteiger partial charge in [0.25, 0.3) is 0 Å². The molecular formula is C16H25ClN2O2S. The van der Waals surface area contributed by atoms with Crippen LogP contribution >= 0.6 is 12.4 Å². The third-order valence-electron chi connectivity index (χ3n) is 4.87. The Bertz CT molecular complexity index is 631. The van der Waals surface area contributed by atoms with Crippen molar-refractivity contribution in [2.45, 2.75) is 50.0 Å². The molecule has 0 bridgehead atoms. The van der Waals surface area contributed by atoms with Crippen LogP contribution in [0.4, 0.5) is 0 Å². The Hall–Kier alpha value is -0.620. The summed E-state index contributed by atoms with van der Waals surface area (Å²) in [6.45, 7) is 3.13. The van der Waals surface area contributed by atoms with Gasteiger partial charge >= 0.3 is 0 Å². The fourth-order valence-corrected chi connectivity index (χ4v) is 5.07. The first-order chi connectivity index (χ1) is 9.98. The van der Waals surface area contributed by atoms with Gasteiger partial charge in [0.15, 0.2) is 0 Å². The molecule has 2 aliphatic rings. The van der Waals surface area contributed by atoms with Crippen LogP contribution in [0.3, 0.4) is 0 Å². The highest BCUT2D eigenvalue weighted by molar-refractivity contribution is 7.89. The monoisotopic (exact) mass is 344 g/mol. The molecule has 2 atom stereocenters. The number of hydrogen-bond donors (Lipinski definition) is 1. The second-order valence-corrected chi connectivity index (χ2v) is 8.35. The number of nitrogens with zero attached hydrogens (tertiary/aromatic N) is 1. The van der Waals surface area contributed by atoms with Crippen molar-refractivity contribution in [3.8, 4) is 0 Å². The van der Waals surface area contributed by atoms with Crippen molar-refractivity contribution >= 4 is 22.4 Å². The Labute approximate surface area is 139 Å². The van der Waals surface area contributed by atoms with Gasteiger partial charge in [0.05, 0.1) is 4.90 Å². The van der Waals surface area contributed by atoms with Crippen molar-refractivity contribution in [1.29, 1.82) is 0 Å². The van der Waals surface area contributed by atoms with E-state index >= 15 is 0 Å². The molecule has 1 fully saturated rings. The van der Waals surface area contributed by atoms with Gasteiger partial charge in [0.1, 0.15) is 0 Å². The minimum Gasteiger partial charge on any atom is -0.328 e. The number of benzene rings is 1. The summed E-state index contributed by atoms with van der Waals surface area (Å²) >= 11 is 0. The molecule has 0 radical (unpaired) electrons. The number of sulfonamides is 1. The molecule has 124 valence electrons. The lowest BCUT2D eigenvalue weighted by Gasteiger charge is -2.33. The lowest BCUT2D eigenvalue weighted by Crippen LogP contribution is -2.44. The van der Waals surface area contributed by atoms with E-state index in [9.17, 15) is 8.42 Å². The van der Waals surface area contributed by atoms with Crippen molar-refractivity contribution in [3.05, 3.63) is 29.3 Å². The third-order valence-corrected chi connectivity index (χ3v) is 6.73. The van der Waals surface area contributed by atoms with Crippen molar-refractivity contribution < 1.29 is 8.42 Å². The predicted molar refractivity (Wildman–Crippen MR) is 90.8 cm³/mol. The Balaban J connectivity index is 0.00000176. The summed E-state index contributed by atoms with van der Waals surface area (Å²) in [5.74, 6) is 0.267. The average molecular weight is 345 g/mol. The molecule has 1 heterocycles. The molecule has 1 aromatic carbocycles. The summed E-state index contributed by atoms with van der Waals surface area (Å²) in [6, 6.07) is 5.69. The first-order valence-electron chi connectivity index (χ1n) is 7.86. The van der Waals surface area contributed by atoms with Gasteiger partial charge in [0.2, 0.25) is 10.0 Å². The van der Waals surface area contributed by atoms with Gasteiger partial charge in [-0.3, -0.25) is 0 Å². The molecule has 1 aliphatic carbocycles. The topological polar surface area (TPSA) is 63.4 Å². The van der Waals surface area contributed by atoms with Crippen LogP contribution in [-0.2, 0) is 22.9 Å². The summed E-state index contributed by atoms with van der Waals surface area (Å²) < 4.78 is 27.3. The van der Waals surface area contributed by atoms with E-state index in [1.54, 1.807) is 10.4 Å². The van der Waals surface area contributed by atoms with E-state index in [1.165, 1.54) is 11.1 Å². The van der Waals surface area contributed by atoms with Crippen LogP contribution in [0.1, 0.15) is 37.3 Å². The summed E-state index contributed by atoms with van der Waals surface area (Å²) in [5, 5.41) is 0. The maximum atomic E-state index is 12.8. The number of fused-ring (bicyclic) bond motifs is 1. The van der Waals surface area contributed by atoms with E-state index in [0.717, 1.165) is 32.1 Å². The largest absolute Gasteiger partial charge is 0.328 e. The maximum Gasteiger partial charge on any atom is 0.243 e. The predicted octanol–water partition coefficient (Wildman–Crippen LogP) is 2.35. The Morgan fingerprint density at radius 3 is 2.68 bits per heavy atom. The van der Waals surface area contributed by atoms with Crippen molar-refractivity contribution in [2.75, 3.05) is 13.1 Å². The third kappa shape index (κ3) is 3.32. The zero-order valence-corrected chi connectivity index (χ0v) is 14.6. The number of nitrogens with two attached hydrogens (primary N) is 1. The molecule has 1 saturated heterocycles. The van der Waals surface area contributed by atoms with E-state index in [2.05, 4.69) is 0 Å². The lowest BCUT2D eigenvalue weighted by atomic mass is 9.93. The van der Waals surface area contributed by atoms with Gasteiger partial charge in [0, 0.05) is 19.1 Å². The molecule has 0 spiro atoms. The first kappa shape index (κ1) is 17.7. The first-order valence-corrected chi connectivity index (χ1v) is 9.30. The summed E-state index contributed by atoms with van der Waals surface area (Å²) in [4.78, 5) is 0.452. The number of rotatable bonds is 3. The fourth-order valence-electron chi connectivity index (χ4n) is 3.48. The van der Waals surface area contributed by atoms with Crippen molar-refractivity contribution in [2.24, 2.45) is 11.7 Å². The van der Waals surface area contributed by atoms with Crippen LogP contribution in [0.25, 0.3) is 0 Å². The molecular weight excluding hydrogens is 320 g/mol. The highest BCUT2D eigenvalue weighted by Gasteiger charge is 2.32. The molecule has 0 amide bonds. The Kier molecular flexibility index (Phi) is 5.54. The Morgan fingerprint density at radius 1 is 1.23 bits per heavy atom. The number of halogens is 1. The molecule has 22 heavy (non-hydrogen) atoms. The minimum absolute atomic E-state index is 0. The van der Waals surface area contributed by atoms with Gasteiger partial charge in [-0.05, 0) is 68.2 Å². The zero-order valence-electron chi connectivity index (χ0n) is 13.0. The highest BCUT2D eigenvalue weighted by Crippen LogP contribution is 2.29. The van der Waals surface area contributed by atoms with Crippen LogP contribution < -0.4 is 5.73 Å². The zero-order chi connectivity index (χ0) is 15.0. The average Bonchev–Trinajstić information content (AvgIpc) is 2.94. The normalized spacial score (nSPS) is 23.6.